The molecule has 0 atom stereocenters. The van der Waals surface area contributed by atoms with Gasteiger partial charge in [-0.25, -0.2) is 4.79 Å². The number of nitrogens with one attached hydrogen (secondary N) is 1. The molecule has 2 rings (SSSR count). The van der Waals surface area contributed by atoms with Gasteiger partial charge in [-0.15, -0.1) is 11.3 Å². The first-order valence-corrected chi connectivity index (χ1v) is 9.06. The second-order valence-corrected chi connectivity index (χ2v) is 6.80. The largest absolute Gasteiger partial charge is 0.463 e. The monoisotopic (exact) mass is 435 g/mol. The number of ether oxygens (including phenoxy) is 1. The summed E-state index contributed by atoms with van der Waals surface area (Å²) in [6, 6.07) is 8.60. The Morgan fingerprint density at radius 2 is 2.04 bits per heavy atom. The Morgan fingerprint density at radius 1 is 1.38 bits per heavy atom. The van der Waals surface area contributed by atoms with E-state index < -0.39 is 17.4 Å². The van der Waals surface area contributed by atoms with E-state index in [0.29, 0.717) is 5.69 Å². The first-order valence-electron chi connectivity index (χ1n) is 7.45. The molecule has 0 spiro atoms. The number of hydrogen-bond donors (Lipinski definition) is 1. The number of benzene rings is 1. The lowest BCUT2D eigenvalue weighted by molar-refractivity contribution is -0.135. The lowest BCUT2D eigenvalue weighted by Gasteiger charge is -2.03. The van der Waals surface area contributed by atoms with Crippen molar-refractivity contribution in [3.05, 3.63) is 48.3 Å². The molecule has 0 aliphatic carbocycles. The van der Waals surface area contributed by atoms with Crippen LogP contribution in [0.5, 0.6) is 0 Å². The van der Waals surface area contributed by atoms with Gasteiger partial charge in [0.05, 0.1) is 12.3 Å². The van der Waals surface area contributed by atoms with Crippen molar-refractivity contribution < 1.29 is 14.3 Å². The summed E-state index contributed by atoms with van der Waals surface area (Å²) in [6.07, 6.45) is 1.06. The molecule has 1 aromatic carbocycles. The minimum atomic E-state index is -0.668. The number of hydrogen-bond acceptors (Lipinski definition) is 6. The highest BCUT2D eigenvalue weighted by Crippen LogP contribution is 2.12. The molecule has 0 saturated heterocycles. The van der Waals surface area contributed by atoms with Gasteiger partial charge in [0.1, 0.15) is 15.3 Å². The summed E-state index contributed by atoms with van der Waals surface area (Å²) >= 11 is 4.19. The van der Waals surface area contributed by atoms with Crippen molar-refractivity contribution >= 4 is 50.8 Å². The first kappa shape index (κ1) is 19.6. The highest BCUT2D eigenvalue weighted by atomic mass is 79.9. The van der Waals surface area contributed by atoms with E-state index >= 15 is 0 Å². The molecule has 0 radical (unpaired) electrons. The number of rotatable bonds is 4. The molecule has 9 heteroatoms. The van der Waals surface area contributed by atoms with E-state index in [-0.39, 0.29) is 21.4 Å². The predicted octanol–water partition coefficient (Wildman–Crippen LogP) is 0.425. The van der Waals surface area contributed by atoms with Gasteiger partial charge in [-0.3, -0.25) is 14.2 Å². The highest BCUT2D eigenvalue weighted by molar-refractivity contribution is 9.10. The maximum Gasteiger partial charge on any atom is 0.332 e. The fourth-order valence-electron chi connectivity index (χ4n) is 2.09. The van der Waals surface area contributed by atoms with Crippen LogP contribution in [0.2, 0.25) is 0 Å². The van der Waals surface area contributed by atoms with Crippen molar-refractivity contribution in [1.29, 1.82) is 5.26 Å². The lowest BCUT2D eigenvalue weighted by atomic mass is 10.3. The van der Waals surface area contributed by atoms with Gasteiger partial charge in [-0.05, 0) is 31.2 Å². The minimum absolute atomic E-state index is 0.0676. The van der Waals surface area contributed by atoms with Gasteiger partial charge in [-0.2, -0.15) is 5.26 Å². The molecule has 0 aliphatic heterocycles. The van der Waals surface area contributed by atoms with E-state index in [1.165, 1.54) is 11.6 Å². The van der Waals surface area contributed by atoms with Crippen molar-refractivity contribution in [2.24, 2.45) is 0 Å². The summed E-state index contributed by atoms with van der Waals surface area (Å²) in [6.45, 7) is 1.82. The van der Waals surface area contributed by atoms with Crippen LogP contribution in [0.3, 0.4) is 0 Å². The maximum atomic E-state index is 12.8. The molecule has 0 aliphatic rings. The summed E-state index contributed by atoms with van der Waals surface area (Å²) in [5.41, 5.74) is -0.275. The maximum absolute atomic E-state index is 12.8. The molecule has 1 heterocycles. The number of esters is 1. The number of carbonyl (C=O) groups is 2. The smallest absolute Gasteiger partial charge is 0.332 e. The molecular weight excluding hydrogens is 422 g/mol. The third kappa shape index (κ3) is 4.09. The number of nitriles is 1. The van der Waals surface area contributed by atoms with Gasteiger partial charge in [0, 0.05) is 17.6 Å². The molecule has 134 valence electrons. The average Bonchev–Trinajstić information content (AvgIpc) is 2.92. The molecule has 0 fully saturated rings. The Labute approximate surface area is 161 Å². The van der Waals surface area contributed by atoms with Crippen LogP contribution in [0.15, 0.2) is 33.5 Å². The van der Waals surface area contributed by atoms with Crippen LogP contribution in [0, 0.1) is 11.3 Å². The molecule has 26 heavy (non-hydrogen) atoms. The van der Waals surface area contributed by atoms with E-state index in [0.717, 1.165) is 21.9 Å². The number of carbonyl (C=O) groups excluding carboxylic acids is 2. The van der Waals surface area contributed by atoms with Gasteiger partial charge in [0.15, 0.2) is 5.57 Å². The summed E-state index contributed by atoms with van der Waals surface area (Å²) in [5, 5.41) is 11.8. The molecule has 1 aromatic heterocycles. The molecule has 7 nitrogen and oxygen atoms in total. The Bertz CT molecular complexity index is 1060. The highest BCUT2D eigenvalue weighted by Gasteiger charge is 2.16. The van der Waals surface area contributed by atoms with Crippen LogP contribution in [0.1, 0.15) is 6.92 Å². The zero-order valence-electron chi connectivity index (χ0n) is 13.9. The summed E-state index contributed by atoms with van der Waals surface area (Å²) in [4.78, 5) is 36.6. The lowest BCUT2D eigenvalue weighted by Crippen LogP contribution is -2.33. The van der Waals surface area contributed by atoms with Gasteiger partial charge >= 0.3 is 5.97 Å². The normalized spacial score (nSPS) is 12.3. The third-order valence-electron chi connectivity index (χ3n) is 3.22. The van der Waals surface area contributed by atoms with Crippen molar-refractivity contribution in [3.8, 4) is 11.8 Å². The zero-order chi connectivity index (χ0) is 19.3. The topological polar surface area (TPSA) is 101 Å². The third-order valence-corrected chi connectivity index (χ3v) is 4.84. The van der Waals surface area contributed by atoms with Gasteiger partial charge < -0.3 is 10.1 Å². The minimum Gasteiger partial charge on any atom is -0.463 e. The van der Waals surface area contributed by atoms with Crippen molar-refractivity contribution in [2.75, 3.05) is 13.7 Å². The summed E-state index contributed by atoms with van der Waals surface area (Å²) in [7, 11) is 1.39. The number of aromatic nitrogens is 1. The van der Waals surface area contributed by atoms with Crippen LogP contribution < -0.4 is 20.1 Å². The van der Waals surface area contributed by atoms with Crippen LogP contribution in [-0.2, 0) is 14.3 Å². The molecular formula is C17H14BrN3O4S. The van der Waals surface area contributed by atoms with Gasteiger partial charge in [-0.1, -0.05) is 15.9 Å². The fourth-order valence-corrected chi connectivity index (χ4v) is 3.41. The SMILES string of the molecule is CCOC(=O)/C=c1/s/c(=C(/C#N)C(=O)NC)n(-c2ccc(Br)cc2)c1=O. The molecule has 1 amide bonds. The zero-order valence-corrected chi connectivity index (χ0v) is 16.3. The standard InChI is InChI=1S/C17H14BrN3O4S/c1-3-25-14(22)8-13-16(24)21(11-6-4-10(18)5-7-11)17(26-13)12(9-19)15(23)20-2/h4-8H,3H2,1-2H3,(H,20,23)/b13-8+,17-12-. The van der Waals surface area contributed by atoms with Crippen molar-refractivity contribution in [3.63, 3.8) is 0 Å². The van der Waals surface area contributed by atoms with Gasteiger partial charge in [0.2, 0.25) is 0 Å². The van der Waals surface area contributed by atoms with Crippen molar-refractivity contribution in [2.45, 2.75) is 6.92 Å². The predicted molar refractivity (Wildman–Crippen MR) is 101 cm³/mol. The van der Waals surface area contributed by atoms with Crippen LogP contribution in [-0.4, -0.2) is 30.1 Å². The number of thiazole rings is 1. The molecule has 0 saturated carbocycles. The van der Waals surface area contributed by atoms with Crippen molar-refractivity contribution in [1.82, 2.24) is 9.88 Å². The Kier molecular flexibility index (Phi) is 6.49. The molecule has 1 N–H and O–H groups in total. The number of amides is 1. The van der Waals surface area contributed by atoms with Gasteiger partial charge in [0.25, 0.3) is 11.5 Å². The van der Waals surface area contributed by atoms with E-state index in [1.54, 1.807) is 31.2 Å². The molecule has 2 aromatic rings. The second-order valence-electron chi connectivity index (χ2n) is 4.85. The Morgan fingerprint density at radius 3 is 2.58 bits per heavy atom. The van der Waals surface area contributed by atoms with Crippen LogP contribution in [0.25, 0.3) is 17.3 Å². The van der Waals surface area contributed by atoms with E-state index in [1.807, 2.05) is 6.07 Å². The first-order chi connectivity index (χ1) is 12.4. The van der Waals surface area contributed by atoms with Crippen LogP contribution >= 0.6 is 27.3 Å². The van der Waals surface area contributed by atoms with E-state index in [4.69, 9.17) is 4.74 Å². The van der Waals surface area contributed by atoms with E-state index in [2.05, 4.69) is 21.2 Å². The second kappa shape index (κ2) is 8.60. The average molecular weight is 436 g/mol. The van der Waals surface area contributed by atoms with Crippen LogP contribution in [0.4, 0.5) is 0 Å². The number of halogens is 1. The molecule has 0 bridgehead atoms. The summed E-state index contributed by atoms with van der Waals surface area (Å²) < 4.78 is 7.07. The van der Waals surface area contributed by atoms with E-state index in [9.17, 15) is 19.6 Å². The summed E-state index contributed by atoms with van der Waals surface area (Å²) in [5.74, 6) is -1.29. The molecule has 0 unspecified atom stereocenters. The quantitative estimate of drug-likeness (QED) is 0.701. The fraction of sp³-hybridized carbons (Fsp3) is 0.176. The Balaban J connectivity index is 2.91. The number of nitrogens with zero attached hydrogens (tertiary/aromatic N) is 2. The Hall–Kier alpha value is -2.70.